The van der Waals surface area contributed by atoms with Crippen LogP contribution in [0.4, 0.5) is 8.78 Å². The first-order valence-electron chi connectivity index (χ1n) is 6.54. The highest BCUT2D eigenvalue weighted by Crippen LogP contribution is 2.12. The maximum atomic E-state index is 13.7. The molecule has 0 saturated heterocycles. The predicted molar refractivity (Wildman–Crippen MR) is 74.3 cm³/mol. The summed E-state index contributed by atoms with van der Waals surface area (Å²) in [7, 11) is 0. The Balaban J connectivity index is 2.12. The van der Waals surface area contributed by atoms with E-state index in [1.165, 1.54) is 12.1 Å². The fraction of sp³-hybridized carbons (Fsp3) is 0.400. The monoisotopic (exact) mass is 279 g/mol. The fourth-order valence-corrected chi connectivity index (χ4v) is 1.83. The third-order valence-electron chi connectivity index (χ3n) is 2.93. The van der Waals surface area contributed by atoms with Gasteiger partial charge in [-0.05, 0) is 26.8 Å². The lowest BCUT2D eigenvalue weighted by Crippen LogP contribution is -2.36. The van der Waals surface area contributed by atoms with E-state index in [-0.39, 0.29) is 5.54 Å². The van der Waals surface area contributed by atoms with Gasteiger partial charge in [-0.3, -0.25) is 0 Å². The second-order valence-electron chi connectivity index (χ2n) is 5.81. The molecule has 2 rings (SSSR count). The normalized spacial score (nSPS) is 11.8. The summed E-state index contributed by atoms with van der Waals surface area (Å²) in [4.78, 5) is 4.27. The van der Waals surface area contributed by atoms with Gasteiger partial charge in [-0.15, -0.1) is 0 Å². The molecule has 3 nitrogen and oxygen atoms in total. The van der Waals surface area contributed by atoms with E-state index in [0.717, 1.165) is 11.9 Å². The van der Waals surface area contributed by atoms with Crippen LogP contribution < -0.4 is 5.32 Å². The number of nitrogens with zero attached hydrogens (tertiary/aromatic N) is 2. The average Bonchev–Trinajstić information content (AvgIpc) is 2.77. The van der Waals surface area contributed by atoms with Crippen molar-refractivity contribution in [2.75, 3.05) is 0 Å². The summed E-state index contributed by atoms with van der Waals surface area (Å²) in [6.07, 6.45) is 3.48. The Morgan fingerprint density at radius 3 is 2.65 bits per heavy atom. The van der Waals surface area contributed by atoms with Crippen molar-refractivity contribution in [2.45, 2.75) is 39.4 Å². The highest BCUT2D eigenvalue weighted by molar-refractivity contribution is 5.19. The number of hydrogen-bond donors (Lipinski definition) is 1. The van der Waals surface area contributed by atoms with Crippen molar-refractivity contribution in [1.82, 2.24) is 14.9 Å². The van der Waals surface area contributed by atoms with Gasteiger partial charge in [0.15, 0.2) is 0 Å². The number of imidazole rings is 1. The Morgan fingerprint density at radius 2 is 2.00 bits per heavy atom. The van der Waals surface area contributed by atoms with Gasteiger partial charge in [0.25, 0.3) is 0 Å². The zero-order valence-corrected chi connectivity index (χ0v) is 12.0. The molecule has 0 aliphatic heterocycles. The average molecular weight is 279 g/mol. The molecular formula is C15H19F2N3. The van der Waals surface area contributed by atoms with Crippen molar-refractivity contribution >= 4 is 0 Å². The van der Waals surface area contributed by atoms with Crippen molar-refractivity contribution < 1.29 is 8.78 Å². The summed E-state index contributed by atoms with van der Waals surface area (Å²) in [5.41, 5.74) is 0.430. The van der Waals surface area contributed by atoms with Crippen molar-refractivity contribution in [3.63, 3.8) is 0 Å². The molecular weight excluding hydrogens is 260 g/mol. The standard InChI is InChI=1S/C15H19F2N3/c1-15(2,3)19-9-14-18-6-7-20(14)10-11-4-5-12(16)8-13(11)17/h4-8,19H,9-10H2,1-3H3. The van der Waals surface area contributed by atoms with Gasteiger partial charge in [0.1, 0.15) is 17.5 Å². The Kier molecular flexibility index (Phi) is 4.18. The van der Waals surface area contributed by atoms with Crippen LogP contribution in [0, 0.1) is 11.6 Å². The molecule has 0 fully saturated rings. The Morgan fingerprint density at radius 1 is 1.25 bits per heavy atom. The van der Waals surface area contributed by atoms with Crippen LogP contribution in [0.1, 0.15) is 32.2 Å². The third-order valence-corrected chi connectivity index (χ3v) is 2.93. The molecule has 1 heterocycles. The van der Waals surface area contributed by atoms with Gasteiger partial charge in [0, 0.05) is 29.6 Å². The van der Waals surface area contributed by atoms with Gasteiger partial charge >= 0.3 is 0 Å². The van der Waals surface area contributed by atoms with E-state index < -0.39 is 11.6 Å². The van der Waals surface area contributed by atoms with E-state index in [9.17, 15) is 8.78 Å². The van der Waals surface area contributed by atoms with Gasteiger partial charge in [-0.1, -0.05) is 6.07 Å². The molecule has 0 aliphatic rings. The Labute approximate surface area is 117 Å². The molecule has 0 atom stereocenters. The molecule has 1 N–H and O–H groups in total. The van der Waals surface area contributed by atoms with Crippen LogP contribution in [0.25, 0.3) is 0 Å². The van der Waals surface area contributed by atoms with Crippen LogP contribution in [0.15, 0.2) is 30.6 Å². The SMILES string of the molecule is CC(C)(C)NCc1nccn1Cc1ccc(F)cc1F. The minimum atomic E-state index is -0.563. The molecule has 1 aromatic carbocycles. The molecule has 0 spiro atoms. The van der Waals surface area contributed by atoms with Crippen LogP contribution in [-0.2, 0) is 13.1 Å². The van der Waals surface area contributed by atoms with Crippen LogP contribution in [0.3, 0.4) is 0 Å². The molecule has 0 aliphatic carbocycles. The molecule has 20 heavy (non-hydrogen) atoms. The molecule has 0 bridgehead atoms. The summed E-state index contributed by atoms with van der Waals surface area (Å²) in [5.74, 6) is -0.274. The predicted octanol–water partition coefficient (Wildman–Crippen LogP) is 3.10. The number of nitrogens with one attached hydrogen (secondary N) is 1. The molecule has 1 aromatic heterocycles. The van der Waals surface area contributed by atoms with Gasteiger partial charge in [0.05, 0.1) is 13.1 Å². The molecule has 0 radical (unpaired) electrons. The van der Waals surface area contributed by atoms with Gasteiger partial charge in [-0.25, -0.2) is 13.8 Å². The molecule has 0 amide bonds. The van der Waals surface area contributed by atoms with Gasteiger partial charge < -0.3 is 9.88 Å². The lowest BCUT2D eigenvalue weighted by Gasteiger charge is -2.20. The van der Waals surface area contributed by atoms with Crippen molar-refractivity contribution in [3.05, 3.63) is 53.6 Å². The number of halogens is 2. The van der Waals surface area contributed by atoms with E-state index in [0.29, 0.717) is 18.7 Å². The van der Waals surface area contributed by atoms with Crippen molar-refractivity contribution in [3.8, 4) is 0 Å². The highest BCUT2D eigenvalue weighted by atomic mass is 19.1. The van der Waals surface area contributed by atoms with E-state index in [1.807, 2.05) is 4.57 Å². The summed E-state index contributed by atoms with van der Waals surface area (Å²) in [6, 6.07) is 3.63. The molecule has 5 heteroatoms. The first kappa shape index (κ1) is 14.7. The van der Waals surface area contributed by atoms with Crippen molar-refractivity contribution in [1.29, 1.82) is 0 Å². The van der Waals surface area contributed by atoms with Crippen LogP contribution >= 0.6 is 0 Å². The largest absolute Gasteiger partial charge is 0.329 e. The van der Waals surface area contributed by atoms with Gasteiger partial charge in [-0.2, -0.15) is 0 Å². The highest BCUT2D eigenvalue weighted by Gasteiger charge is 2.12. The molecule has 108 valence electrons. The minimum Gasteiger partial charge on any atom is -0.329 e. The Hall–Kier alpha value is -1.75. The van der Waals surface area contributed by atoms with E-state index in [1.54, 1.807) is 12.4 Å². The van der Waals surface area contributed by atoms with Crippen molar-refractivity contribution in [2.24, 2.45) is 0 Å². The summed E-state index contributed by atoms with van der Waals surface area (Å²) >= 11 is 0. The molecule has 0 unspecified atom stereocenters. The number of benzene rings is 1. The Bertz CT molecular complexity index is 585. The van der Waals surface area contributed by atoms with E-state index >= 15 is 0 Å². The van der Waals surface area contributed by atoms with E-state index in [4.69, 9.17) is 0 Å². The fourth-order valence-electron chi connectivity index (χ4n) is 1.83. The number of aromatic nitrogens is 2. The molecule has 2 aromatic rings. The lowest BCUT2D eigenvalue weighted by atomic mass is 10.1. The second-order valence-corrected chi connectivity index (χ2v) is 5.81. The third kappa shape index (κ3) is 3.87. The van der Waals surface area contributed by atoms with E-state index in [2.05, 4.69) is 31.1 Å². The minimum absolute atomic E-state index is 0.0160. The van der Waals surface area contributed by atoms with Crippen LogP contribution in [0.5, 0.6) is 0 Å². The summed E-state index contributed by atoms with van der Waals surface area (Å²) < 4.78 is 28.4. The first-order chi connectivity index (χ1) is 9.35. The zero-order valence-electron chi connectivity index (χ0n) is 12.0. The van der Waals surface area contributed by atoms with Crippen LogP contribution in [0.2, 0.25) is 0 Å². The van der Waals surface area contributed by atoms with Crippen LogP contribution in [-0.4, -0.2) is 15.1 Å². The first-order valence-corrected chi connectivity index (χ1v) is 6.54. The quantitative estimate of drug-likeness (QED) is 0.932. The number of hydrogen-bond acceptors (Lipinski definition) is 2. The zero-order chi connectivity index (χ0) is 14.8. The second kappa shape index (κ2) is 5.71. The summed E-state index contributed by atoms with van der Waals surface area (Å²) in [5, 5.41) is 3.34. The topological polar surface area (TPSA) is 29.9 Å². The van der Waals surface area contributed by atoms with Gasteiger partial charge in [0.2, 0.25) is 0 Å². The maximum Gasteiger partial charge on any atom is 0.131 e. The lowest BCUT2D eigenvalue weighted by molar-refractivity contribution is 0.412. The molecule has 0 saturated carbocycles. The number of rotatable bonds is 4. The maximum absolute atomic E-state index is 13.7. The smallest absolute Gasteiger partial charge is 0.131 e. The summed E-state index contributed by atoms with van der Waals surface area (Å²) in [6.45, 7) is 7.15.